The van der Waals surface area contributed by atoms with Gasteiger partial charge in [-0.25, -0.2) is 4.79 Å². The van der Waals surface area contributed by atoms with Crippen LogP contribution in [0.1, 0.15) is 6.42 Å². The van der Waals surface area contributed by atoms with Crippen molar-refractivity contribution in [3.63, 3.8) is 0 Å². The summed E-state index contributed by atoms with van der Waals surface area (Å²) in [5.74, 6) is 0.0291. The standard InChI is InChI=1S/C14H14ClN3O3S/c15-9-2-1-3-10(6-9)16-13(20)17-5-4-11(7-17)18-12(19)8-22-14(18)21/h1-3,6,11H,4-5,7-8H2,(H,16,20). The molecule has 1 aromatic carbocycles. The molecule has 0 bridgehead atoms. The molecule has 1 atom stereocenters. The predicted molar refractivity (Wildman–Crippen MR) is 85.1 cm³/mol. The van der Waals surface area contributed by atoms with E-state index in [9.17, 15) is 14.4 Å². The van der Waals surface area contributed by atoms with Crippen LogP contribution in [0.5, 0.6) is 0 Å². The summed E-state index contributed by atoms with van der Waals surface area (Å²) in [5.41, 5.74) is 0.616. The summed E-state index contributed by atoms with van der Waals surface area (Å²) in [6.45, 7) is 0.878. The number of carbonyl (C=O) groups excluding carboxylic acids is 3. The maximum atomic E-state index is 12.2. The van der Waals surface area contributed by atoms with Crippen LogP contribution in [-0.4, -0.2) is 51.9 Å². The third kappa shape index (κ3) is 3.05. The number of hydrogen-bond acceptors (Lipinski definition) is 4. The van der Waals surface area contributed by atoms with E-state index < -0.39 is 0 Å². The number of likely N-dealkylation sites (tertiary alicyclic amines) is 1. The van der Waals surface area contributed by atoms with Gasteiger partial charge in [0.15, 0.2) is 0 Å². The zero-order valence-electron chi connectivity index (χ0n) is 11.6. The largest absolute Gasteiger partial charge is 0.322 e. The molecule has 0 aromatic heterocycles. The molecule has 1 N–H and O–H groups in total. The van der Waals surface area contributed by atoms with E-state index in [1.165, 1.54) is 4.90 Å². The maximum absolute atomic E-state index is 12.2. The van der Waals surface area contributed by atoms with Crippen molar-refractivity contribution >= 4 is 46.2 Å². The first-order valence-corrected chi connectivity index (χ1v) is 8.21. The van der Waals surface area contributed by atoms with Gasteiger partial charge in [0.25, 0.3) is 5.24 Å². The van der Waals surface area contributed by atoms with Gasteiger partial charge in [0, 0.05) is 23.8 Å². The van der Waals surface area contributed by atoms with Gasteiger partial charge < -0.3 is 10.2 Å². The van der Waals surface area contributed by atoms with E-state index in [1.807, 2.05) is 0 Å². The fraction of sp³-hybridized carbons (Fsp3) is 0.357. The Morgan fingerprint density at radius 2 is 2.18 bits per heavy atom. The molecule has 0 radical (unpaired) electrons. The summed E-state index contributed by atoms with van der Waals surface area (Å²) in [6.07, 6.45) is 0.612. The smallest absolute Gasteiger partial charge is 0.321 e. The number of rotatable bonds is 2. The second-order valence-corrected chi connectivity index (χ2v) is 6.51. The molecule has 22 heavy (non-hydrogen) atoms. The highest BCUT2D eigenvalue weighted by molar-refractivity contribution is 8.14. The summed E-state index contributed by atoms with van der Waals surface area (Å²) in [7, 11) is 0. The molecule has 2 aliphatic heterocycles. The molecular weight excluding hydrogens is 326 g/mol. The van der Waals surface area contributed by atoms with Crippen LogP contribution < -0.4 is 5.32 Å². The third-order valence-electron chi connectivity index (χ3n) is 3.68. The van der Waals surface area contributed by atoms with Crippen molar-refractivity contribution in [1.29, 1.82) is 0 Å². The molecule has 116 valence electrons. The normalized spacial score (nSPS) is 21.6. The Morgan fingerprint density at radius 3 is 2.86 bits per heavy atom. The molecule has 1 unspecified atom stereocenters. The fourth-order valence-corrected chi connectivity index (χ4v) is 3.59. The van der Waals surface area contributed by atoms with Crippen LogP contribution in [0.25, 0.3) is 0 Å². The van der Waals surface area contributed by atoms with Crippen molar-refractivity contribution < 1.29 is 14.4 Å². The van der Waals surface area contributed by atoms with E-state index >= 15 is 0 Å². The average molecular weight is 340 g/mol. The number of thioether (sulfide) groups is 1. The Bertz CT molecular complexity index is 624. The minimum absolute atomic E-state index is 0.169. The lowest BCUT2D eigenvalue weighted by Gasteiger charge is -2.22. The van der Waals surface area contributed by atoms with E-state index in [4.69, 9.17) is 11.6 Å². The number of anilines is 1. The molecule has 2 aliphatic rings. The number of carbonyl (C=O) groups is 3. The van der Waals surface area contributed by atoms with Crippen molar-refractivity contribution in [3.8, 4) is 0 Å². The van der Waals surface area contributed by atoms with Crippen molar-refractivity contribution in [2.75, 3.05) is 24.2 Å². The van der Waals surface area contributed by atoms with Crippen LogP contribution in [0.2, 0.25) is 5.02 Å². The number of urea groups is 1. The molecule has 1 aromatic rings. The lowest BCUT2D eigenvalue weighted by atomic mass is 10.2. The molecule has 6 nitrogen and oxygen atoms in total. The summed E-state index contributed by atoms with van der Waals surface area (Å²) in [6, 6.07) is 6.42. The number of imide groups is 1. The molecule has 0 aliphatic carbocycles. The minimum atomic E-state index is -0.253. The van der Waals surface area contributed by atoms with Crippen molar-refractivity contribution in [3.05, 3.63) is 29.3 Å². The van der Waals surface area contributed by atoms with Crippen molar-refractivity contribution in [2.45, 2.75) is 12.5 Å². The molecule has 2 fully saturated rings. The summed E-state index contributed by atoms with van der Waals surface area (Å²) in [4.78, 5) is 38.6. The topological polar surface area (TPSA) is 69.7 Å². The number of benzene rings is 1. The molecule has 2 heterocycles. The quantitative estimate of drug-likeness (QED) is 0.899. The second kappa shape index (κ2) is 6.18. The van der Waals surface area contributed by atoms with Crippen LogP contribution >= 0.6 is 23.4 Å². The minimum Gasteiger partial charge on any atom is -0.322 e. The molecule has 8 heteroatoms. The zero-order valence-corrected chi connectivity index (χ0v) is 13.2. The number of hydrogen-bond donors (Lipinski definition) is 1. The van der Waals surface area contributed by atoms with E-state index in [0.29, 0.717) is 30.2 Å². The van der Waals surface area contributed by atoms with Gasteiger partial charge in [0.1, 0.15) is 0 Å². The van der Waals surface area contributed by atoms with Crippen LogP contribution in [0.4, 0.5) is 15.3 Å². The van der Waals surface area contributed by atoms with Gasteiger partial charge in [-0.05, 0) is 24.6 Å². The highest BCUT2D eigenvalue weighted by atomic mass is 35.5. The first kappa shape index (κ1) is 15.2. The third-order valence-corrected chi connectivity index (χ3v) is 4.75. The van der Waals surface area contributed by atoms with Gasteiger partial charge in [-0.15, -0.1) is 0 Å². The number of nitrogens with one attached hydrogen (secondary N) is 1. The van der Waals surface area contributed by atoms with Gasteiger partial charge >= 0.3 is 6.03 Å². The number of amides is 4. The van der Waals surface area contributed by atoms with Gasteiger partial charge in [0.2, 0.25) is 5.91 Å². The Balaban J connectivity index is 1.61. The summed E-state index contributed by atoms with van der Waals surface area (Å²) in [5, 5.41) is 3.10. The van der Waals surface area contributed by atoms with E-state index in [2.05, 4.69) is 5.32 Å². The van der Waals surface area contributed by atoms with E-state index in [0.717, 1.165) is 11.8 Å². The predicted octanol–water partition coefficient (Wildman–Crippen LogP) is 2.64. The number of nitrogens with zero attached hydrogens (tertiary/aromatic N) is 2. The Morgan fingerprint density at radius 1 is 1.36 bits per heavy atom. The van der Waals surface area contributed by atoms with Crippen LogP contribution in [0.3, 0.4) is 0 Å². The lowest BCUT2D eigenvalue weighted by Crippen LogP contribution is -2.42. The van der Waals surface area contributed by atoms with Crippen LogP contribution in [-0.2, 0) is 4.79 Å². The first-order chi connectivity index (χ1) is 10.5. The maximum Gasteiger partial charge on any atom is 0.321 e. The average Bonchev–Trinajstić information content (AvgIpc) is 3.06. The van der Waals surface area contributed by atoms with E-state index in [1.54, 1.807) is 29.2 Å². The highest BCUT2D eigenvalue weighted by Crippen LogP contribution is 2.26. The molecule has 0 spiro atoms. The first-order valence-electron chi connectivity index (χ1n) is 6.85. The number of halogens is 1. The highest BCUT2D eigenvalue weighted by Gasteiger charge is 2.40. The fourth-order valence-electron chi connectivity index (χ4n) is 2.62. The molecule has 4 amide bonds. The van der Waals surface area contributed by atoms with Gasteiger partial charge in [-0.3, -0.25) is 14.5 Å². The van der Waals surface area contributed by atoms with Crippen LogP contribution in [0, 0.1) is 0 Å². The Kier molecular flexibility index (Phi) is 4.26. The summed E-state index contributed by atoms with van der Waals surface area (Å²) < 4.78 is 0. The van der Waals surface area contributed by atoms with Crippen molar-refractivity contribution in [1.82, 2.24) is 9.80 Å². The van der Waals surface area contributed by atoms with Gasteiger partial charge in [0.05, 0.1) is 11.8 Å². The molecule has 0 saturated carbocycles. The van der Waals surface area contributed by atoms with E-state index in [-0.39, 0.29) is 29.0 Å². The monoisotopic (exact) mass is 339 g/mol. The molecular formula is C14H14ClN3O3S. The second-order valence-electron chi connectivity index (χ2n) is 5.15. The lowest BCUT2D eigenvalue weighted by molar-refractivity contribution is -0.126. The summed E-state index contributed by atoms with van der Waals surface area (Å²) >= 11 is 6.90. The zero-order chi connectivity index (χ0) is 15.7. The van der Waals surface area contributed by atoms with Crippen LogP contribution in [0.15, 0.2) is 24.3 Å². The SMILES string of the molecule is O=C(Nc1cccc(Cl)c1)N1CCC(N2C(=O)CSC2=O)C1. The Labute approximate surface area is 136 Å². The van der Waals surface area contributed by atoms with Gasteiger partial charge in [-0.1, -0.05) is 29.4 Å². The molecule has 2 saturated heterocycles. The molecule has 3 rings (SSSR count). The van der Waals surface area contributed by atoms with Crippen molar-refractivity contribution in [2.24, 2.45) is 0 Å². The Hall–Kier alpha value is -1.73. The van der Waals surface area contributed by atoms with Gasteiger partial charge in [-0.2, -0.15) is 0 Å².